The Morgan fingerprint density at radius 3 is 2.28 bits per heavy atom. The number of rotatable bonds is 7. The molecule has 0 unspecified atom stereocenters. The quantitative estimate of drug-likeness (QED) is 0.651. The van der Waals surface area contributed by atoms with Gasteiger partial charge in [-0.3, -0.25) is 4.79 Å². The molecule has 1 amide bonds. The zero-order valence-electron chi connectivity index (χ0n) is 14.7. The molecule has 0 heterocycles. The van der Waals surface area contributed by atoms with Gasteiger partial charge in [0.25, 0.3) is 0 Å². The topological polar surface area (TPSA) is 43.1 Å². The largest absolute Gasteiger partial charge is 0.369 e. The molecule has 3 aromatic carbocycles. The van der Waals surface area contributed by atoms with Gasteiger partial charge in [-0.05, 0) is 34.7 Å². The first-order valence-electron chi connectivity index (χ1n) is 8.99. The number of primary amides is 1. The summed E-state index contributed by atoms with van der Waals surface area (Å²) in [5, 5.41) is 2.33. The average molecular weight is 331 g/mol. The fraction of sp³-hybridized carbons (Fsp3) is 0.261. The van der Waals surface area contributed by atoms with Gasteiger partial charge < -0.3 is 5.73 Å². The number of carbonyl (C=O) groups is 1. The average Bonchev–Trinajstić information content (AvgIpc) is 2.65. The molecule has 3 rings (SSSR count). The number of hydrogen-bond acceptors (Lipinski definition) is 1. The molecule has 0 saturated carbocycles. The van der Waals surface area contributed by atoms with E-state index in [4.69, 9.17) is 5.73 Å². The van der Waals surface area contributed by atoms with Crippen LogP contribution < -0.4 is 5.73 Å². The number of hydrogen-bond donors (Lipinski definition) is 1. The molecule has 0 aliphatic rings. The van der Waals surface area contributed by atoms with Crippen LogP contribution in [0.3, 0.4) is 0 Å². The maximum atomic E-state index is 12.7. The van der Waals surface area contributed by atoms with Crippen LogP contribution in [-0.2, 0) is 16.6 Å². The van der Waals surface area contributed by atoms with Crippen LogP contribution in [0, 0.1) is 0 Å². The third-order valence-electron chi connectivity index (χ3n) is 5.08. The lowest BCUT2D eigenvalue weighted by Gasteiger charge is -2.32. The van der Waals surface area contributed by atoms with E-state index in [1.54, 1.807) is 0 Å². The number of fused-ring (bicyclic) bond motifs is 1. The number of unbranched alkanes of at least 4 members (excludes halogenated alkanes) is 1. The summed E-state index contributed by atoms with van der Waals surface area (Å²) in [5.74, 6) is -0.236. The Labute approximate surface area is 149 Å². The summed E-state index contributed by atoms with van der Waals surface area (Å²) in [6.07, 6.45) is 3.42. The highest BCUT2D eigenvalue weighted by Crippen LogP contribution is 2.35. The van der Waals surface area contributed by atoms with Gasteiger partial charge in [-0.15, -0.1) is 0 Å². The van der Waals surface area contributed by atoms with Crippen molar-refractivity contribution in [3.05, 3.63) is 83.9 Å². The first kappa shape index (κ1) is 17.2. The molecular formula is C23H25NO. The van der Waals surface area contributed by atoms with E-state index in [1.807, 2.05) is 30.3 Å². The van der Waals surface area contributed by atoms with E-state index in [0.29, 0.717) is 6.42 Å². The maximum Gasteiger partial charge on any atom is 0.228 e. The highest BCUT2D eigenvalue weighted by atomic mass is 16.1. The van der Waals surface area contributed by atoms with Crippen molar-refractivity contribution in [1.82, 2.24) is 0 Å². The highest BCUT2D eigenvalue weighted by molar-refractivity contribution is 5.90. The zero-order valence-corrected chi connectivity index (χ0v) is 14.7. The van der Waals surface area contributed by atoms with E-state index in [2.05, 4.69) is 49.4 Å². The van der Waals surface area contributed by atoms with Crippen LogP contribution in [0.25, 0.3) is 10.8 Å². The fourth-order valence-corrected chi connectivity index (χ4v) is 3.60. The molecule has 0 spiro atoms. The lowest BCUT2D eigenvalue weighted by molar-refractivity contribution is -0.123. The summed E-state index contributed by atoms with van der Waals surface area (Å²) in [7, 11) is 0. The van der Waals surface area contributed by atoms with Crippen molar-refractivity contribution in [2.75, 3.05) is 0 Å². The van der Waals surface area contributed by atoms with Crippen molar-refractivity contribution in [1.29, 1.82) is 0 Å². The second-order valence-corrected chi connectivity index (χ2v) is 6.77. The van der Waals surface area contributed by atoms with Crippen LogP contribution in [0.15, 0.2) is 72.8 Å². The summed E-state index contributed by atoms with van der Waals surface area (Å²) < 4.78 is 0. The van der Waals surface area contributed by atoms with E-state index < -0.39 is 5.41 Å². The number of amides is 1. The molecule has 0 saturated heterocycles. The number of benzene rings is 3. The van der Waals surface area contributed by atoms with E-state index in [9.17, 15) is 4.79 Å². The van der Waals surface area contributed by atoms with Gasteiger partial charge >= 0.3 is 0 Å². The Balaban J connectivity index is 2.11. The Hall–Kier alpha value is -2.61. The normalized spacial score (nSPS) is 13.5. The Morgan fingerprint density at radius 1 is 0.920 bits per heavy atom. The van der Waals surface area contributed by atoms with Crippen LogP contribution in [0.2, 0.25) is 0 Å². The van der Waals surface area contributed by atoms with E-state index in [0.717, 1.165) is 35.8 Å². The molecule has 1 atom stereocenters. The molecule has 2 nitrogen and oxygen atoms in total. The summed E-state index contributed by atoms with van der Waals surface area (Å²) >= 11 is 0. The predicted molar refractivity (Wildman–Crippen MR) is 104 cm³/mol. The summed E-state index contributed by atoms with van der Waals surface area (Å²) in [5.41, 5.74) is 7.50. The minimum atomic E-state index is -0.665. The van der Waals surface area contributed by atoms with E-state index in [-0.39, 0.29) is 5.91 Å². The van der Waals surface area contributed by atoms with Crippen molar-refractivity contribution < 1.29 is 4.79 Å². The molecule has 0 aliphatic heterocycles. The van der Waals surface area contributed by atoms with Gasteiger partial charge in [0, 0.05) is 0 Å². The Bertz CT molecular complexity index is 856. The van der Waals surface area contributed by atoms with Crippen LogP contribution >= 0.6 is 0 Å². The van der Waals surface area contributed by atoms with Crippen LogP contribution in [0.5, 0.6) is 0 Å². The van der Waals surface area contributed by atoms with Crippen molar-refractivity contribution in [2.45, 2.75) is 38.0 Å². The van der Waals surface area contributed by atoms with Crippen LogP contribution in [0.1, 0.15) is 37.3 Å². The molecule has 2 N–H and O–H groups in total. The minimum Gasteiger partial charge on any atom is -0.369 e. The van der Waals surface area contributed by atoms with Crippen LogP contribution in [-0.4, -0.2) is 5.91 Å². The van der Waals surface area contributed by atoms with Gasteiger partial charge in [0.15, 0.2) is 0 Å². The lowest BCUT2D eigenvalue weighted by Crippen LogP contribution is -2.43. The molecular weight excluding hydrogens is 306 g/mol. The number of nitrogens with two attached hydrogens (primary N) is 1. The molecule has 0 fully saturated rings. The Morgan fingerprint density at radius 2 is 1.60 bits per heavy atom. The summed E-state index contributed by atoms with van der Waals surface area (Å²) in [6.45, 7) is 2.15. The second kappa shape index (κ2) is 7.52. The standard InChI is InChI=1S/C23H25NO/c1-2-3-15-23(22(24)25,17-18-9-5-4-6-10-18)21-14-13-19-11-7-8-12-20(19)16-21/h4-14,16H,2-3,15,17H2,1H3,(H2,24,25)/t23-/m1/s1. The second-order valence-electron chi connectivity index (χ2n) is 6.77. The fourth-order valence-electron chi connectivity index (χ4n) is 3.60. The van der Waals surface area contributed by atoms with E-state index >= 15 is 0 Å². The van der Waals surface area contributed by atoms with E-state index in [1.165, 1.54) is 5.39 Å². The summed E-state index contributed by atoms with van der Waals surface area (Å²) in [6, 6.07) is 24.7. The monoisotopic (exact) mass is 331 g/mol. The van der Waals surface area contributed by atoms with Gasteiger partial charge in [-0.25, -0.2) is 0 Å². The number of carbonyl (C=O) groups excluding carboxylic acids is 1. The predicted octanol–water partition coefficient (Wildman–Crippen LogP) is 5.00. The molecule has 0 radical (unpaired) electrons. The first-order chi connectivity index (χ1) is 12.2. The lowest BCUT2D eigenvalue weighted by atomic mass is 9.71. The molecule has 0 aliphatic carbocycles. The minimum absolute atomic E-state index is 0.236. The smallest absolute Gasteiger partial charge is 0.228 e. The van der Waals surface area contributed by atoms with Gasteiger partial charge in [-0.2, -0.15) is 0 Å². The van der Waals surface area contributed by atoms with Crippen molar-refractivity contribution >= 4 is 16.7 Å². The maximum absolute atomic E-state index is 12.7. The molecule has 0 aromatic heterocycles. The Kier molecular flexibility index (Phi) is 5.18. The van der Waals surface area contributed by atoms with Gasteiger partial charge in [-0.1, -0.05) is 92.6 Å². The molecule has 0 bridgehead atoms. The van der Waals surface area contributed by atoms with Crippen LogP contribution in [0.4, 0.5) is 0 Å². The third-order valence-corrected chi connectivity index (χ3v) is 5.08. The van der Waals surface area contributed by atoms with Gasteiger partial charge in [0.05, 0.1) is 5.41 Å². The molecule has 3 aromatic rings. The van der Waals surface area contributed by atoms with Gasteiger partial charge in [0.1, 0.15) is 0 Å². The highest BCUT2D eigenvalue weighted by Gasteiger charge is 2.38. The van der Waals surface area contributed by atoms with Crippen molar-refractivity contribution in [3.63, 3.8) is 0 Å². The molecule has 128 valence electrons. The molecule has 25 heavy (non-hydrogen) atoms. The SMILES string of the molecule is CCCC[C@](Cc1ccccc1)(C(N)=O)c1ccc2ccccc2c1. The summed E-state index contributed by atoms with van der Waals surface area (Å²) in [4.78, 5) is 12.7. The van der Waals surface area contributed by atoms with Crippen molar-refractivity contribution in [2.24, 2.45) is 5.73 Å². The molecule has 2 heteroatoms. The van der Waals surface area contributed by atoms with Crippen molar-refractivity contribution in [3.8, 4) is 0 Å². The zero-order chi connectivity index (χ0) is 17.7. The third kappa shape index (κ3) is 3.58. The van der Waals surface area contributed by atoms with Gasteiger partial charge in [0.2, 0.25) is 5.91 Å². The first-order valence-corrected chi connectivity index (χ1v) is 8.99.